The van der Waals surface area contributed by atoms with E-state index in [0.29, 0.717) is 11.3 Å². The molecule has 0 unspecified atom stereocenters. The minimum Gasteiger partial charge on any atom is -0.497 e. The molecule has 6 nitrogen and oxygen atoms in total. The number of ether oxygens (including phenoxy) is 1. The van der Waals surface area contributed by atoms with Crippen molar-refractivity contribution in [2.45, 2.75) is 0 Å². The van der Waals surface area contributed by atoms with Gasteiger partial charge in [0.05, 0.1) is 12.7 Å². The van der Waals surface area contributed by atoms with Crippen LogP contribution >= 0.6 is 0 Å². The van der Waals surface area contributed by atoms with Gasteiger partial charge >= 0.3 is 5.97 Å². The van der Waals surface area contributed by atoms with Gasteiger partial charge in [0, 0.05) is 0 Å². The number of benzene rings is 1. The van der Waals surface area contributed by atoms with E-state index in [9.17, 15) is 4.79 Å². The highest BCUT2D eigenvalue weighted by Gasteiger charge is 2.21. The van der Waals surface area contributed by atoms with E-state index in [0.717, 1.165) is 0 Å². The first-order valence-electron chi connectivity index (χ1n) is 4.76. The normalized spacial score (nSPS) is 10.2. The molecule has 6 heteroatoms. The van der Waals surface area contributed by atoms with E-state index < -0.39 is 5.97 Å². The molecule has 1 aromatic carbocycles. The van der Waals surface area contributed by atoms with Gasteiger partial charge in [0.2, 0.25) is 11.6 Å². The molecule has 2 rings (SSSR count). The van der Waals surface area contributed by atoms with E-state index in [1.807, 2.05) is 0 Å². The van der Waals surface area contributed by atoms with E-state index in [-0.39, 0.29) is 17.1 Å². The number of carbonyl (C=O) groups is 1. The Balaban J connectivity index is 2.59. The summed E-state index contributed by atoms with van der Waals surface area (Å²) in [5.41, 5.74) is 6.20. The molecule has 0 bridgehead atoms. The van der Waals surface area contributed by atoms with Crippen LogP contribution in [0.15, 0.2) is 28.8 Å². The molecule has 3 N–H and O–H groups in total. The van der Waals surface area contributed by atoms with Crippen LogP contribution in [0.5, 0.6) is 5.75 Å². The van der Waals surface area contributed by atoms with Crippen molar-refractivity contribution in [2.75, 3.05) is 12.8 Å². The number of hydrogen-bond donors (Lipinski definition) is 2. The maximum atomic E-state index is 11.0. The Morgan fingerprint density at radius 2 is 2.29 bits per heavy atom. The smallest absolute Gasteiger partial charge is 0.358 e. The maximum Gasteiger partial charge on any atom is 0.358 e. The van der Waals surface area contributed by atoms with E-state index in [4.69, 9.17) is 20.1 Å². The average Bonchev–Trinajstić information content (AvgIpc) is 2.71. The second-order valence-corrected chi connectivity index (χ2v) is 3.31. The Labute approximate surface area is 96.6 Å². The number of anilines is 1. The Morgan fingerprint density at radius 3 is 2.94 bits per heavy atom. The van der Waals surface area contributed by atoms with Gasteiger partial charge in [0.15, 0.2) is 0 Å². The van der Waals surface area contributed by atoms with Gasteiger partial charge in [-0.25, -0.2) is 4.79 Å². The molecule has 17 heavy (non-hydrogen) atoms. The number of hydrogen-bond acceptors (Lipinski definition) is 5. The summed E-state index contributed by atoms with van der Waals surface area (Å²) >= 11 is 0. The third kappa shape index (κ3) is 1.92. The molecule has 0 saturated carbocycles. The molecule has 0 aliphatic carbocycles. The minimum absolute atomic E-state index is 0.0318. The van der Waals surface area contributed by atoms with Gasteiger partial charge in [0.1, 0.15) is 5.75 Å². The second kappa shape index (κ2) is 4.17. The largest absolute Gasteiger partial charge is 0.497 e. The van der Waals surface area contributed by atoms with Crippen molar-refractivity contribution < 1.29 is 19.2 Å². The van der Waals surface area contributed by atoms with Crippen molar-refractivity contribution in [3.63, 3.8) is 0 Å². The lowest BCUT2D eigenvalue weighted by molar-refractivity contribution is 0.0686. The molecule has 1 heterocycles. The molecule has 0 aliphatic heterocycles. The Hall–Kier alpha value is -2.50. The van der Waals surface area contributed by atoms with Crippen molar-refractivity contribution in [1.29, 1.82) is 0 Å². The number of aromatic nitrogens is 1. The summed E-state index contributed by atoms with van der Waals surface area (Å²) in [5.74, 6) is -0.627. The zero-order chi connectivity index (χ0) is 12.4. The fraction of sp³-hybridized carbons (Fsp3) is 0.0909. The van der Waals surface area contributed by atoms with Gasteiger partial charge in [0.25, 0.3) is 0 Å². The SMILES string of the molecule is COc1cccc(-c2c(C(=O)O)noc2N)c1. The van der Waals surface area contributed by atoms with Gasteiger partial charge in [-0.2, -0.15) is 0 Å². The topological polar surface area (TPSA) is 98.6 Å². The van der Waals surface area contributed by atoms with Crippen LogP contribution in [0, 0.1) is 0 Å². The monoisotopic (exact) mass is 234 g/mol. The maximum absolute atomic E-state index is 11.0. The van der Waals surface area contributed by atoms with E-state index in [2.05, 4.69) is 5.16 Å². The highest BCUT2D eigenvalue weighted by atomic mass is 16.5. The summed E-state index contributed by atoms with van der Waals surface area (Å²) in [5, 5.41) is 12.4. The summed E-state index contributed by atoms with van der Waals surface area (Å²) in [6.07, 6.45) is 0. The number of nitrogens with zero attached hydrogens (tertiary/aromatic N) is 1. The lowest BCUT2D eigenvalue weighted by Crippen LogP contribution is -1.99. The van der Waals surface area contributed by atoms with Crippen molar-refractivity contribution in [2.24, 2.45) is 0 Å². The molecule has 0 radical (unpaired) electrons. The van der Waals surface area contributed by atoms with Crippen LogP contribution < -0.4 is 10.5 Å². The van der Waals surface area contributed by atoms with Crippen LogP contribution in [-0.4, -0.2) is 23.3 Å². The highest BCUT2D eigenvalue weighted by Crippen LogP contribution is 2.31. The van der Waals surface area contributed by atoms with Crippen LogP contribution in [0.2, 0.25) is 0 Å². The molecule has 88 valence electrons. The lowest BCUT2D eigenvalue weighted by atomic mass is 10.1. The standard InChI is InChI=1S/C11H10N2O4/c1-16-7-4-2-3-6(5-7)8-9(11(14)15)13-17-10(8)12/h2-5H,12H2,1H3,(H,14,15). The average molecular weight is 234 g/mol. The molecule has 1 aromatic heterocycles. The van der Waals surface area contributed by atoms with E-state index in [1.54, 1.807) is 24.3 Å². The Kier molecular flexibility index (Phi) is 2.70. The quantitative estimate of drug-likeness (QED) is 0.837. The number of aromatic carboxylic acids is 1. The predicted octanol–water partition coefficient (Wildman–Crippen LogP) is 1.63. The van der Waals surface area contributed by atoms with Gasteiger partial charge in [-0.3, -0.25) is 0 Å². The van der Waals surface area contributed by atoms with E-state index in [1.165, 1.54) is 7.11 Å². The van der Waals surface area contributed by atoms with Crippen molar-refractivity contribution in [3.05, 3.63) is 30.0 Å². The van der Waals surface area contributed by atoms with Crippen LogP contribution in [0.3, 0.4) is 0 Å². The summed E-state index contributed by atoms with van der Waals surface area (Å²) < 4.78 is 9.74. The molecule has 2 aromatic rings. The summed E-state index contributed by atoms with van der Waals surface area (Å²) in [4.78, 5) is 11.0. The molecule has 0 amide bonds. The Bertz CT molecular complexity index is 562. The molecule has 0 atom stereocenters. The van der Waals surface area contributed by atoms with Crippen LogP contribution in [0.1, 0.15) is 10.5 Å². The number of nitrogen functional groups attached to an aromatic ring is 1. The second-order valence-electron chi connectivity index (χ2n) is 3.31. The predicted molar refractivity (Wildman–Crippen MR) is 59.9 cm³/mol. The van der Waals surface area contributed by atoms with Crippen LogP contribution in [0.25, 0.3) is 11.1 Å². The number of carboxylic acids is 1. The first-order chi connectivity index (χ1) is 8.13. The number of methoxy groups -OCH3 is 1. The summed E-state index contributed by atoms with van der Waals surface area (Å²) in [6.45, 7) is 0. The zero-order valence-electron chi connectivity index (χ0n) is 9.01. The molecule has 0 spiro atoms. The molecule has 0 aliphatic rings. The lowest BCUT2D eigenvalue weighted by Gasteiger charge is -2.03. The molecular formula is C11H10N2O4. The van der Waals surface area contributed by atoms with Gasteiger partial charge < -0.3 is 20.1 Å². The summed E-state index contributed by atoms with van der Waals surface area (Å²) in [7, 11) is 1.52. The molecule has 0 fully saturated rings. The number of nitrogens with two attached hydrogens (primary N) is 1. The van der Waals surface area contributed by atoms with Crippen LogP contribution in [0.4, 0.5) is 5.88 Å². The van der Waals surface area contributed by atoms with Crippen molar-refractivity contribution >= 4 is 11.9 Å². The minimum atomic E-state index is -1.19. The number of rotatable bonds is 3. The van der Waals surface area contributed by atoms with E-state index >= 15 is 0 Å². The van der Waals surface area contributed by atoms with Crippen LogP contribution in [-0.2, 0) is 0 Å². The molecule has 0 saturated heterocycles. The van der Waals surface area contributed by atoms with Crippen molar-refractivity contribution in [1.82, 2.24) is 5.16 Å². The zero-order valence-corrected chi connectivity index (χ0v) is 9.01. The highest BCUT2D eigenvalue weighted by molar-refractivity contribution is 5.96. The third-order valence-corrected chi connectivity index (χ3v) is 2.28. The van der Waals surface area contributed by atoms with Gasteiger partial charge in [-0.15, -0.1) is 0 Å². The van der Waals surface area contributed by atoms with Gasteiger partial charge in [-0.1, -0.05) is 17.3 Å². The molecular weight excluding hydrogens is 224 g/mol. The van der Waals surface area contributed by atoms with Gasteiger partial charge in [-0.05, 0) is 17.7 Å². The number of carboxylic acid groups (broad SMARTS) is 1. The third-order valence-electron chi connectivity index (χ3n) is 2.28. The fourth-order valence-corrected chi connectivity index (χ4v) is 1.51. The Morgan fingerprint density at radius 1 is 1.53 bits per heavy atom. The summed E-state index contributed by atoms with van der Waals surface area (Å²) in [6, 6.07) is 6.84. The van der Waals surface area contributed by atoms with Crippen molar-refractivity contribution in [3.8, 4) is 16.9 Å². The first kappa shape index (κ1) is 11.0. The fourth-order valence-electron chi connectivity index (χ4n) is 1.51. The first-order valence-corrected chi connectivity index (χ1v) is 4.76.